The van der Waals surface area contributed by atoms with Crippen LogP contribution >= 0.6 is 0 Å². The first kappa shape index (κ1) is 22.5. The summed E-state index contributed by atoms with van der Waals surface area (Å²) in [6.07, 6.45) is 6.64. The molecule has 0 saturated heterocycles. The van der Waals surface area contributed by atoms with E-state index in [9.17, 15) is 13.2 Å². The maximum absolute atomic E-state index is 13.6. The molecule has 2 aromatic carbocycles. The summed E-state index contributed by atoms with van der Waals surface area (Å²) in [6.45, 7) is 6.85. The molecule has 162 valence electrons. The van der Waals surface area contributed by atoms with Crippen molar-refractivity contribution in [1.29, 1.82) is 0 Å². The van der Waals surface area contributed by atoms with Crippen LogP contribution in [-0.4, -0.2) is 27.0 Å². The fraction of sp³-hybridized carbons (Fsp3) is 0.480. The minimum absolute atomic E-state index is 0.137. The Balaban J connectivity index is 2.24. The van der Waals surface area contributed by atoms with E-state index in [1.54, 1.807) is 6.07 Å². The van der Waals surface area contributed by atoms with Crippen LogP contribution in [0.2, 0.25) is 0 Å². The summed E-state index contributed by atoms with van der Waals surface area (Å²) in [7, 11) is -3.54. The first-order chi connectivity index (χ1) is 14.4. The first-order valence-electron chi connectivity index (χ1n) is 11.0. The number of hydrogen-bond acceptors (Lipinski definition) is 4. The van der Waals surface area contributed by atoms with E-state index in [4.69, 9.17) is 0 Å². The van der Waals surface area contributed by atoms with Crippen LogP contribution in [0, 0.1) is 12.3 Å². The quantitative estimate of drug-likeness (QED) is 0.478. The zero-order valence-electron chi connectivity index (χ0n) is 18.4. The van der Waals surface area contributed by atoms with Crippen molar-refractivity contribution in [3.63, 3.8) is 0 Å². The van der Waals surface area contributed by atoms with Gasteiger partial charge in [0.15, 0.2) is 9.84 Å². The minimum Gasteiger partial charge on any atom is -0.340 e. The maximum Gasteiger partial charge on any atom is 0.181 e. The van der Waals surface area contributed by atoms with E-state index >= 15 is 0 Å². The minimum atomic E-state index is -3.54. The van der Waals surface area contributed by atoms with Crippen molar-refractivity contribution in [3.8, 4) is 0 Å². The number of nitrogens with zero attached hydrogens (tertiary/aromatic N) is 1. The van der Waals surface area contributed by atoms with Crippen molar-refractivity contribution < 1.29 is 13.2 Å². The number of carbonyl (C=O) groups is 1. The Morgan fingerprint density at radius 2 is 1.67 bits per heavy atom. The smallest absolute Gasteiger partial charge is 0.181 e. The lowest BCUT2D eigenvalue weighted by atomic mass is 9.79. The SMILES string of the molecule is CCCCC1(CCCC)CN(c2ccccc2)c2cc(C)c(C=O)cc2S(=O)(=O)C1. The molecule has 0 fully saturated rings. The largest absolute Gasteiger partial charge is 0.340 e. The van der Waals surface area contributed by atoms with Crippen LogP contribution in [0.15, 0.2) is 47.4 Å². The third-order valence-corrected chi connectivity index (χ3v) is 8.27. The molecule has 1 aliphatic heterocycles. The van der Waals surface area contributed by atoms with Gasteiger partial charge >= 0.3 is 0 Å². The van der Waals surface area contributed by atoms with E-state index in [-0.39, 0.29) is 16.1 Å². The third-order valence-electron chi connectivity index (χ3n) is 6.28. The summed E-state index contributed by atoms with van der Waals surface area (Å²) in [6, 6.07) is 13.5. The third kappa shape index (κ3) is 4.61. The summed E-state index contributed by atoms with van der Waals surface area (Å²) in [5, 5.41) is 0. The molecule has 0 saturated carbocycles. The molecular formula is C25H33NO3S. The number of unbranched alkanes of at least 4 members (excludes halogenated alkanes) is 2. The summed E-state index contributed by atoms with van der Waals surface area (Å²) in [5.41, 5.74) is 2.62. The summed E-state index contributed by atoms with van der Waals surface area (Å²) in [4.78, 5) is 14.0. The molecule has 4 nitrogen and oxygen atoms in total. The van der Waals surface area contributed by atoms with Crippen molar-refractivity contribution in [2.45, 2.75) is 64.2 Å². The highest BCUT2D eigenvalue weighted by Gasteiger charge is 2.42. The second-order valence-electron chi connectivity index (χ2n) is 8.68. The monoisotopic (exact) mass is 427 g/mol. The first-order valence-corrected chi connectivity index (χ1v) is 12.7. The van der Waals surface area contributed by atoms with Gasteiger partial charge in [-0.15, -0.1) is 0 Å². The van der Waals surface area contributed by atoms with Gasteiger partial charge in [-0.05, 0) is 49.6 Å². The average Bonchev–Trinajstić information content (AvgIpc) is 2.83. The van der Waals surface area contributed by atoms with Crippen molar-refractivity contribution >= 4 is 27.5 Å². The van der Waals surface area contributed by atoms with Gasteiger partial charge in [0.1, 0.15) is 6.29 Å². The molecule has 0 aromatic heterocycles. The Morgan fingerprint density at radius 1 is 1.03 bits per heavy atom. The van der Waals surface area contributed by atoms with Crippen molar-refractivity contribution in [3.05, 3.63) is 53.6 Å². The van der Waals surface area contributed by atoms with Gasteiger partial charge < -0.3 is 4.90 Å². The number of fused-ring (bicyclic) bond motifs is 1. The number of aryl methyl sites for hydroxylation is 1. The maximum atomic E-state index is 13.6. The topological polar surface area (TPSA) is 54.5 Å². The van der Waals surface area contributed by atoms with Crippen LogP contribution in [0.3, 0.4) is 0 Å². The van der Waals surface area contributed by atoms with Gasteiger partial charge in [-0.3, -0.25) is 4.79 Å². The van der Waals surface area contributed by atoms with Gasteiger partial charge in [0.05, 0.1) is 16.3 Å². The van der Waals surface area contributed by atoms with Gasteiger partial charge in [-0.25, -0.2) is 8.42 Å². The number of anilines is 2. The second-order valence-corrected chi connectivity index (χ2v) is 10.6. The Hall–Kier alpha value is -2.14. The molecule has 0 amide bonds. The molecule has 0 unspecified atom stereocenters. The highest BCUT2D eigenvalue weighted by atomic mass is 32.2. The molecule has 0 atom stereocenters. The number of benzene rings is 2. The molecule has 2 aromatic rings. The molecule has 1 heterocycles. The summed E-state index contributed by atoms with van der Waals surface area (Å²) in [5.74, 6) is 0.137. The number of hydrogen-bond donors (Lipinski definition) is 0. The zero-order chi connectivity index (χ0) is 21.8. The fourth-order valence-corrected chi connectivity index (χ4v) is 6.73. The van der Waals surface area contributed by atoms with Crippen LogP contribution < -0.4 is 4.90 Å². The average molecular weight is 428 g/mol. The lowest BCUT2D eigenvalue weighted by Gasteiger charge is -2.37. The number of rotatable bonds is 8. The highest BCUT2D eigenvalue weighted by molar-refractivity contribution is 7.91. The Labute approximate surface area is 181 Å². The van der Waals surface area contributed by atoms with Crippen molar-refractivity contribution in [2.24, 2.45) is 5.41 Å². The van der Waals surface area contributed by atoms with Crippen molar-refractivity contribution in [1.82, 2.24) is 0 Å². The van der Waals surface area contributed by atoms with Crippen LogP contribution in [0.1, 0.15) is 68.3 Å². The van der Waals surface area contributed by atoms with E-state index in [1.165, 1.54) is 0 Å². The summed E-state index contributed by atoms with van der Waals surface area (Å²) < 4.78 is 27.3. The lowest BCUT2D eigenvalue weighted by Crippen LogP contribution is -2.38. The molecule has 30 heavy (non-hydrogen) atoms. The van der Waals surface area contributed by atoms with E-state index in [0.717, 1.165) is 56.1 Å². The summed E-state index contributed by atoms with van der Waals surface area (Å²) >= 11 is 0. The zero-order valence-corrected chi connectivity index (χ0v) is 19.2. The molecule has 1 aliphatic rings. The van der Waals surface area contributed by atoms with E-state index < -0.39 is 9.84 Å². The lowest BCUT2D eigenvalue weighted by molar-refractivity contribution is 0.112. The van der Waals surface area contributed by atoms with E-state index in [0.29, 0.717) is 17.8 Å². The molecule has 5 heteroatoms. The standard InChI is InChI=1S/C25H33NO3S/c1-4-6-13-25(14-7-5-2)18-26(22-11-9-8-10-12-22)23-15-20(3)21(17-27)16-24(23)30(28,29)19-25/h8-12,15-17H,4-7,13-14,18-19H2,1-3H3. The molecule has 3 rings (SSSR count). The van der Waals surface area contributed by atoms with Crippen molar-refractivity contribution in [2.75, 3.05) is 17.2 Å². The van der Waals surface area contributed by atoms with Crippen LogP contribution in [-0.2, 0) is 9.84 Å². The molecule has 0 N–H and O–H groups in total. The molecule has 0 radical (unpaired) electrons. The van der Waals surface area contributed by atoms with Gasteiger partial charge in [-0.1, -0.05) is 57.7 Å². The Bertz CT molecular complexity index is 975. The predicted molar refractivity (Wildman–Crippen MR) is 124 cm³/mol. The van der Waals surface area contributed by atoms with Gasteiger partial charge in [0.2, 0.25) is 0 Å². The predicted octanol–water partition coefficient (Wildman–Crippen LogP) is 6.10. The molecular weight excluding hydrogens is 394 g/mol. The number of carbonyl (C=O) groups excluding carboxylic acids is 1. The Kier molecular flexibility index (Phi) is 7.02. The fourth-order valence-electron chi connectivity index (χ4n) is 4.59. The number of sulfone groups is 1. The highest BCUT2D eigenvalue weighted by Crippen LogP contribution is 2.45. The Morgan fingerprint density at radius 3 is 2.23 bits per heavy atom. The normalized spacial score (nSPS) is 17.2. The molecule has 0 spiro atoms. The molecule has 0 aliphatic carbocycles. The van der Waals surface area contributed by atoms with E-state index in [1.807, 2.05) is 43.3 Å². The van der Waals surface area contributed by atoms with Crippen LogP contribution in [0.4, 0.5) is 11.4 Å². The number of aldehydes is 1. The second kappa shape index (κ2) is 9.34. The van der Waals surface area contributed by atoms with Gasteiger partial charge in [0, 0.05) is 23.2 Å². The van der Waals surface area contributed by atoms with Gasteiger partial charge in [-0.2, -0.15) is 0 Å². The van der Waals surface area contributed by atoms with E-state index in [2.05, 4.69) is 18.7 Å². The van der Waals surface area contributed by atoms with Crippen LogP contribution in [0.25, 0.3) is 0 Å². The van der Waals surface area contributed by atoms with Crippen LogP contribution in [0.5, 0.6) is 0 Å². The van der Waals surface area contributed by atoms with Gasteiger partial charge in [0.25, 0.3) is 0 Å². The molecule has 0 bridgehead atoms. The number of para-hydroxylation sites is 1.